The van der Waals surface area contributed by atoms with Gasteiger partial charge in [-0.25, -0.2) is 0 Å². The van der Waals surface area contributed by atoms with Crippen molar-refractivity contribution >= 4 is 22.5 Å². The van der Waals surface area contributed by atoms with Gasteiger partial charge in [0.25, 0.3) is 0 Å². The quantitative estimate of drug-likeness (QED) is 0.784. The van der Waals surface area contributed by atoms with Gasteiger partial charge in [0.15, 0.2) is 0 Å². The molecule has 1 aromatic carbocycles. The van der Waals surface area contributed by atoms with Crippen LogP contribution in [0.25, 0.3) is 10.9 Å². The number of aromatic amines is 1. The van der Waals surface area contributed by atoms with E-state index in [1.807, 2.05) is 12.1 Å². The Morgan fingerprint density at radius 2 is 2.18 bits per heavy atom. The number of H-pyrrole nitrogens is 1. The lowest BCUT2D eigenvalue weighted by molar-refractivity contribution is 0.00858. The summed E-state index contributed by atoms with van der Waals surface area (Å²) in [5.41, 5.74) is 2.68. The van der Waals surface area contributed by atoms with E-state index in [9.17, 15) is 5.11 Å². The van der Waals surface area contributed by atoms with Crippen molar-refractivity contribution in [2.75, 3.05) is 0 Å². The molecule has 1 aromatic heterocycles. The molecular weight excluding hydrogens is 296 g/mol. The topological polar surface area (TPSA) is 48.9 Å². The molecule has 1 heterocycles. The number of nitrogens with one attached hydrogen (secondary N) is 1. The molecule has 0 spiro atoms. The number of aromatic nitrogens is 2. The lowest BCUT2D eigenvalue weighted by Crippen LogP contribution is -2.29. The van der Waals surface area contributed by atoms with Crippen LogP contribution in [0, 0.1) is 5.41 Å². The minimum atomic E-state index is -0.538. The van der Waals surface area contributed by atoms with Gasteiger partial charge in [-0.2, -0.15) is 5.10 Å². The first kappa shape index (κ1) is 15.6. The fourth-order valence-corrected chi connectivity index (χ4v) is 4.06. The second kappa shape index (κ2) is 6.05. The molecule has 1 unspecified atom stereocenters. The molecule has 1 fully saturated rings. The Balaban J connectivity index is 2.16. The number of rotatable bonds is 4. The van der Waals surface area contributed by atoms with Crippen molar-refractivity contribution < 1.29 is 5.11 Å². The van der Waals surface area contributed by atoms with E-state index in [0.29, 0.717) is 11.4 Å². The first-order valence-corrected chi connectivity index (χ1v) is 8.38. The van der Waals surface area contributed by atoms with Gasteiger partial charge in [-0.15, -0.1) is 6.58 Å². The molecule has 1 saturated carbocycles. The summed E-state index contributed by atoms with van der Waals surface area (Å²) in [6.07, 6.45) is 9.42. The number of benzene rings is 1. The fourth-order valence-electron chi connectivity index (χ4n) is 3.76. The standard InChI is InChI=1S/C18H23ClN2O/c1-3-7-13-14(19)10-12-11-20-21-16(12)15(13)17(22)18(2)8-5-4-6-9-18/h3,10-11,17,22H,1,4-9H2,2H3,(H,20,21). The molecule has 0 amide bonds. The van der Waals surface area contributed by atoms with Crippen molar-refractivity contribution in [1.29, 1.82) is 0 Å². The van der Waals surface area contributed by atoms with E-state index in [4.69, 9.17) is 11.6 Å². The molecule has 0 bridgehead atoms. The SMILES string of the molecule is C=CCc1c(Cl)cc2cn[nH]c2c1C(O)C1(C)CCCCC1. The molecule has 1 aliphatic carbocycles. The van der Waals surface area contributed by atoms with E-state index in [0.717, 1.165) is 34.9 Å². The van der Waals surface area contributed by atoms with Crippen molar-refractivity contribution in [3.63, 3.8) is 0 Å². The van der Waals surface area contributed by atoms with E-state index >= 15 is 0 Å². The van der Waals surface area contributed by atoms with Gasteiger partial charge in [0.1, 0.15) is 0 Å². The van der Waals surface area contributed by atoms with E-state index in [-0.39, 0.29) is 5.41 Å². The molecule has 1 atom stereocenters. The van der Waals surface area contributed by atoms with Crippen LogP contribution in [0.4, 0.5) is 0 Å². The second-order valence-corrected chi connectivity index (χ2v) is 7.10. The average molecular weight is 319 g/mol. The average Bonchev–Trinajstić information content (AvgIpc) is 2.96. The van der Waals surface area contributed by atoms with Crippen molar-refractivity contribution in [1.82, 2.24) is 10.2 Å². The van der Waals surface area contributed by atoms with Crippen molar-refractivity contribution in [3.8, 4) is 0 Å². The molecule has 1 aliphatic rings. The Kier molecular flexibility index (Phi) is 4.28. The highest BCUT2D eigenvalue weighted by atomic mass is 35.5. The minimum absolute atomic E-state index is 0.100. The number of nitrogens with zero attached hydrogens (tertiary/aromatic N) is 1. The van der Waals surface area contributed by atoms with Crippen LogP contribution in [0.1, 0.15) is 56.3 Å². The van der Waals surface area contributed by atoms with Gasteiger partial charge in [0.05, 0.1) is 17.8 Å². The van der Waals surface area contributed by atoms with E-state index < -0.39 is 6.10 Å². The Morgan fingerprint density at radius 3 is 2.86 bits per heavy atom. The summed E-state index contributed by atoms with van der Waals surface area (Å²) in [6, 6.07) is 1.92. The van der Waals surface area contributed by atoms with Crippen LogP contribution in [0.15, 0.2) is 24.9 Å². The second-order valence-electron chi connectivity index (χ2n) is 6.69. The van der Waals surface area contributed by atoms with Crippen LogP contribution in [-0.4, -0.2) is 15.3 Å². The summed E-state index contributed by atoms with van der Waals surface area (Å²) in [7, 11) is 0. The lowest BCUT2D eigenvalue weighted by atomic mass is 9.69. The number of allylic oxidation sites excluding steroid dienone is 1. The number of hydrogen-bond donors (Lipinski definition) is 2. The van der Waals surface area contributed by atoms with Gasteiger partial charge < -0.3 is 5.11 Å². The zero-order valence-electron chi connectivity index (χ0n) is 13.0. The monoisotopic (exact) mass is 318 g/mol. The summed E-state index contributed by atoms with van der Waals surface area (Å²) in [5.74, 6) is 0. The first-order valence-electron chi connectivity index (χ1n) is 8.00. The maximum Gasteiger partial charge on any atom is 0.0867 e. The molecule has 0 radical (unpaired) electrons. The molecule has 4 heteroatoms. The fraction of sp³-hybridized carbons (Fsp3) is 0.500. The lowest BCUT2D eigenvalue weighted by Gasteiger charge is -2.39. The third-order valence-electron chi connectivity index (χ3n) is 5.11. The first-order chi connectivity index (χ1) is 10.6. The maximum absolute atomic E-state index is 11.2. The molecule has 0 aliphatic heterocycles. The number of halogens is 1. The van der Waals surface area contributed by atoms with Gasteiger partial charge in [0, 0.05) is 16.0 Å². The minimum Gasteiger partial charge on any atom is -0.388 e. The van der Waals surface area contributed by atoms with Gasteiger partial charge in [-0.3, -0.25) is 5.10 Å². The summed E-state index contributed by atoms with van der Waals surface area (Å²) >= 11 is 6.47. The summed E-state index contributed by atoms with van der Waals surface area (Å²) in [4.78, 5) is 0. The van der Waals surface area contributed by atoms with Gasteiger partial charge in [0.2, 0.25) is 0 Å². The highest BCUT2D eigenvalue weighted by Crippen LogP contribution is 2.48. The zero-order valence-corrected chi connectivity index (χ0v) is 13.8. The Hall–Kier alpha value is -1.32. The van der Waals surface area contributed by atoms with Crippen LogP contribution in [-0.2, 0) is 6.42 Å². The normalized spacial score (nSPS) is 19.2. The Bertz CT molecular complexity index is 686. The maximum atomic E-state index is 11.2. The van der Waals surface area contributed by atoms with Crippen LogP contribution in [0.2, 0.25) is 5.02 Å². The van der Waals surface area contributed by atoms with E-state index in [1.54, 1.807) is 6.20 Å². The molecule has 22 heavy (non-hydrogen) atoms. The summed E-state index contributed by atoms with van der Waals surface area (Å²) in [6.45, 7) is 6.02. The molecule has 3 rings (SSSR count). The van der Waals surface area contributed by atoms with Crippen molar-refractivity contribution in [3.05, 3.63) is 41.1 Å². The van der Waals surface area contributed by atoms with Crippen molar-refractivity contribution in [2.24, 2.45) is 5.41 Å². The number of fused-ring (bicyclic) bond motifs is 1. The zero-order chi connectivity index (χ0) is 15.7. The highest BCUT2D eigenvalue weighted by Gasteiger charge is 2.37. The molecule has 0 saturated heterocycles. The molecular formula is C18H23ClN2O. The molecule has 118 valence electrons. The molecule has 3 nitrogen and oxygen atoms in total. The third kappa shape index (κ3) is 2.57. The number of aliphatic hydroxyl groups excluding tert-OH is 1. The predicted molar refractivity (Wildman–Crippen MR) is 91.2 cm³/mol. The van der Waals surface area contributed by atoms with Gasteiger partial charge in [-0.05, 0) is 36.3 Å². The predicted octanol–water partition coefficient (Wildman–Crippen LogP) is 4.95. The van der Waals surface area contributed by atoms with E-state index in [1.165, 1.54) is 19.3 Å². The third-order valence-corrected chi connectivity index (χ3v) is 5.45. The van der Waals surface area contributed by atoms with Crippen LogP contribution in [0.3, 0.4) is 0 Å². The Labute approximate surface area is 136 Å². The van der Waals surface area contributed by atoms with Crippen molar-refractivity contribution in [2.45, 2.75) is 51.6 Å². The number of aliphatic hydroxyl groups is 1. The van der Waals surface area contributed by atoms with Gasteiger partial charge >= 0.3 is 0 Å². The number of hydrogen-bond acceptors (Lipinski definition) is 2. The van der Waals surface area contributed by atoms with Gasteiger partial charge in [-0.1, -0.05) is 43.9 Å². The highest BCUT2D eigenvalue weighted by molar-refractivity contribution is 6.32. The molecule has 2 N–H and O–H groups in total. The largest absolute Gasteiger partial charge is 0.388 e. The summed E-state index contributed by atoms with van der Waals surface area (Å²) < 4.78 is 0. The molecule has 2 aromatic rings. The smallest absolute Gasteiger partial charge is 0.0867 e. The van der Waals surface area contributed by atoms with Crippen LogP contribution < -0.4 is 0 Å². The van der Waals surface area contributed by atoms with Crippen LogP contribution >= 0.6 is 11.6 Å². The summed E-state index contributed by atoms with van der Waals surface area (Å²) in [5, 5.41) is 20.0. The van der Waals surface area contributed by atoms with E-state index in [2.05, 4.69) is 23.7 Å². The van der Waals surface area contributed by atoms with Crippen LogP contribution in [0.5, 0.6) is 0 Å². The Morgan fingerprint density at radius 1 is 1.45 bits per heavy atom.